The maximum atomic E-state index is 13.0. The van der Waals surface area contributed by atoms with Crippen molar-refractivity contribution in [3.8, 4) is 28.7 Å². The second-order valence-corrected chi connectivity index (χ2v) is 10.2. The van der Waals surface area contributed by atoms with Gasteiger partial charge in [-0.1, -0.05) is 37.6 Å². The molecule has 200 valence electrons. The number of hydrogen-bond acceptors (Lipinski definition) is 6. The molecule has 0 aliphatic heterocycles. The van der Waals surface area contributed by atoms with Crippen LogP contribution in [0.25, 0.3) is 10.8 Å². The zero-order valence-corrected chi connectivity index (χ0v) is 23.4. The van der Waals surface area contributed by atoms with Crippen molar-refractivity contribution in [2.75, 3.05) is 26.9 Å². The van der Waals surface area contributed by atoms with E-state index in [0.29, 0.717) is 59.6 Å². The van der Waals surface area contributed by atoms with Gasteiger partial charge in [0.25, 0.3) is 0 Å². The highest BCUT2D eigenvalue weighted by Crippen LogP contribution is 2.52. The molecule has 3 rings (SSSR count). The summed E-state index contributed by atoms with van der Waals surface area (Å²) < 4.78 is 30.0. The summed E-state index contributed by atoms with van der Waals surface area (Å²) in [5, 5.41) is 1.86. The van der Waals surface area contributed by atoms with E-state index in [2.05, 4.69) is 0 Å². The molecule has 0 aliphatic carbocycles. The van der Waals surface area contributed by atoms with Crippen LogP contribution in [0.15, 0.2) is 42.5 Å². The number of carbonyl (C=O) groups excluding carboxylic acids is 1. The highest BCUT2D eigenvalue weighted by atomic mass is 35.5. The molecule has 7 heteroatoms. The van der Waals surface area contributed by atoms with E-state index in [-0.39, 0.29) is 5.97 Å². The maximum Gasteiger partial charge on any atom is 0.316 e. The number of esters is 1. The number of hydrogen-bond donors (Lipinski definition) is 0. The molecule has 6 nitrogen and oxygen atoms in total. The molecule has 3 aromatic rings. The molecule has 0 bridgehead atoms. The lowest BCUT2D eigenvalue weighted by Gasteiger charge is -2.24. The van der Waals surface area contributed by atoms with Crippen molar-refractivity contribution in [1.82, 2.24) is 0 Å². The van der Waals surface area contributed by atoms with Crippen LogP contribution in [-0.4, -0.2) is 32.9 Å². The summed E-state index contributed by atoms with van der Waals surface area (Å²) in [6.07, 6.45) is 2.23. The monoisotopic (exact) mass is 528 g/mol. The van der Waals surface area contributed by atoms with Crippen molar-refractivity contribution < 1.29 is 28.5 Å². The van der Waals surface area contributed by atoms with Crippen LogP contribution in [0.3, 0.4) is 0 Å². The van der Waals surface area contributed by atoms with Crippen LogP contribution in [0.1, 0.15) is 53.0 Å². The van der Waals surface area contributed by atoms with E-state index in [1.165, 1.54) is 0 Å². The van der Waals surface area contributed by atoms with Gasteiger partial charge in [-0.25, -0.2) is 0 Å². The first kappa shape index (κ1) is 28.5. The number of methoxy groups -OCH3 is 1. The van der Waals surface area contributed by atoms with Gasteiger partial charge < -0.3 is 23.7 Å². The highest BCUT2D eigenvalue weighted by molar-refractivity contribution is 6.31. The summed E-state index contributed by atoms with van der Waals surface area (Å²) in [6, 6.07) is 13.3. The van der Waals surface area contributed by atoms with Gasteiger partial charge in [0.2, 0.25) is 11.5 Å². The Kier molecular flexibility index (Phi) is 9.93. The van der Waals surface area contributed by atoms with Crippen molar-refractivity contribution in [2.24, 2.45) is 5.41 Å². The van der Waals surface area contributed by atoms with Crippen LogP contribution in [-0.2, 0) is 11.2 Å². The standard InChI is InChI=1S/C30H37ClO6/c1-7-16-34-27-25(36-18-15-20-9-12-22(33-6)13-10-20)23-14-11-21(31)19-24(23)26(28(27)35-17-8-2)37-29(32)30(3,4)5/h9-14,19H,7-8,15-18H2,1-6H3. The Morgan fingerprint density at radius 2 is 1.38 bits per heavy atom. The number of fused-ring (bicyclic) bond motifs is 1. The zero-order chi connectivity index (χ0) is 27.0. The van der Waals surface area contributed by atoms with Crippen LogP contribution >= 0.6 is 11.6 Å². The fourth-order valence-corrected chi connectivity index (χ4v) is 3.75. The average molecular weight is 529 g/mol. The molecule has 3 aromatic carbocycles. The number of rotatable bonds is 12. The molecule has 0 fully saturated rings. The van der Waals surface area contributed by atoms with Gasteiger partial charge in [-0.15, -0.1) is 0 Å². The first-order valence-electron chi connectivity index (χ1n) is 12.7. The van der Waals surface area contributed by atoms with Gasteiger partial charge in [-0.2, -0.15) is 0 Å². The Hall–Kier alpha value is -3.12. The van der Waals surface area contributed by atoms with Gasteiger partial charge in [0.1, 0.15) is 5.75 Å². The van der Waals surface area contributed by atoms with Crippen LogP contribution in [0.2, 0.25) is 5.02 Å². The summed E-state index contributed by atoms with van der Waals surface area (Å²) in [5.41, 5.74) is 0.396. The Morgan fingerprint density at radius 3 is 1.95 bits per heavy atom. The molecule has 0 saturated carbocycles. The normalized spacial score (nSPS) is 11.3. The van der Waals surface area contributed by atoms with Crippen LogP contribution in [0, 0.1) is 5.41 Å². The average Bonchev–Trinajstić information content (AvgIpc) is 2.87. The summed E-state index contributed by atoms with van der Waals surface area (Å²) in [6.45, 7) is 10.7. The highest BCUT2D eigenvalue weighted by Gasteiger charge is 2.30. The molecule has 0 aromatic heterocycles. The lowest BCUT2D eigenvalue weighted by molar-refractivity contribution is -0.143. The molecular weight excluding hydrogens is 492 g/mol. The van der Waals surface area contributed by atoms with Crippen molar-refractivity contribution in [1.29, 1.82) is 0 Å². The summed E-state index contributed by atoms with van der Waals surface area (Å²) in [7, 11) is 1.65. The van der Waals surface area contributed by atoms with E-state index in [4.69, 9.17) is 35.3 Å². The first-order chi connectivity index (χ1) is 17.7. The van der Waals surface area contributed by atoms with Gasteiger partial charge in [0.05, 0.1) is 32.3 Å². The van der Waals surface area contributed by atoms with Gasteiger partial charge in [-0.3, -0.25) is 4.79 Å². The second kappa shape index (κ2) is 12.9. The van der Waals surface area contributed by atoms with Gasteiger partial charge in [0.15, 0.2) is 11.5 Å². The van der Waals surface area contributed by atoms with Gasteiger partial charge in [-0.05, 0) is 69.5 Å². The minimum Gasteiger partial charge on any atom is -0.497 e. The summed E-state index contributed by atoms with van der Waals surface area (Å²) >= 11 is 6.40. The van der Waals surface area contributed by atoms with E-state index in [9.17, 15) is 4.79 Å². The maximum absolute atomic E-state index is 13.0. The third-order valence-corrected chi connectivity index (χ3v) is 5.83. The molecule has 0 spiro atoms. The molecular formula is C30H37ClO6. The smallest absolute Gasteiger partial charge is 0.316 e. The molecule has 0 heterocycles. The summed E-state index contributed by atoms with van der Waals surface area (Å²) in [5.74, 6) is 2.03. The molecule has 0 aliphatic rings. The largest absolute Gasteiger partial charge is 0.497 e. The van der Waals surface area contributed by atoms with Gasteiger partial charge in [0, 0.05) is 22.2 Å². The van der Waals surface area contributed by atoms with E-state index in [1.54, 1.807) is 19.2 Å². The van der Waals surface area contributed by atoms with Crippen LogP contribution in [0.5, 0.6) is 28.7 Å². The lowest BCUT2D eigenvalue weighted by Crippen LogP contribution is -2.26. The molecule has 0 radical (unpaired) electrons. The number of benzene rings is 3. The Labute approximate surface area is 224 Å². The van der Waals surface area contributed by atoms with Crippen molar-refractivity contribution in [3.63, 3.8) is 0 Å². The van der Waals surface area contributed by atoms with Crippen molar-refractivity contribution >= 4 is 28.3 Å². The van der Waals surface area contributed by atoms with E-state index < -0.39 is 5.41 Å². The molecule has 0 unspecified atom stereocenters. The predicted molar refractivity (Wildman–Crippen MR) is 148 cm³/mol. The molecule has 37 heavy (non-hydrogen) atoms. The predicted octanol–water partition coefficient (Wildman–Crippen LogP) is 7.65. The Bertz CT molecular complexity index is 1200. The topological polar surface area (TPSA) is 63.2 Å². The Morgan fingerprint density at radius 1 is 0.784 bits per heavy atom. The third-order valence-electron chi connectivity index (χ3n) is 5.59. The number of ether oxygens (including phenoxy) is 5. The van der Waals surface area contributed by atoms with E-state index in [0.717, 1.165) is 29.5 Å². The molecule has 0 N–H and O–H groups in total. The van der Waals surface area contributed by atoms with Crippen LogP contribution in [0.4, 0.5) is 0 Å². The van der Waals surface area contributed by atoms with E-state index in [1.807, 2.05) is 65.0 Å². The Balaban J connectivity index is 2.12. The zero-order valence-electron chi connectivity index (χ0n) is 22.6. The van der Waals surface area contributed by atoms with E-state index >= 15 is 0 Å². The molecule has 0 amide bonds. The van der Waals surface area contributed by atoms with Crippen LogP contribution < -0.4 is 23.7 Å². The first-order valence-corrected chi connectivity index (χ1v) is 13.1. The SMILES string of the molecule is CCCOc1c(OCCC)c(OC(=O)C(C)(C)C)c2cc(Cl)ccc2c1OCCc1ccc(OC)cc1. The molecule has 0 saturated heterocycles. The molecule has 0 atom stereocenters. The third kappa shape index (κ3) is 7.22. The fourth-order valence-electron chi connectivity index (χ4n) is 3.58. The fraction of sp³-hybridized carbons (Fsp3) is 0.433. The minimum absolute atomic E-state index is 0.291. The van der Waals surface area contributed by atoms with Crippen molar-refractivity contribution in [3.05, 3.63) is 53.1 Å². The number of carbonyl (C=O) groups is 1. The quantitative estimate of drug-likeness (QED) is 0.178. The van der Waals surface area contributed by atoms with Gasteiger partial charge >= 0.3 is 5.97 Å². The summed E-state index contributed by atoms with van der Waals surface area (Å²) in [4.78, 5) is 13.0. The lowest BCUT2D eigenvalue weighted by atomic mass is 9.97. The second-order valence-electron chi connectivity index (χ2n) is 9.79. The number of halogens is 1. The van der Waals surface area contributed by atoms with Crippen molar-refractivity contribution in [2.45, 2.75) is 53.9 Å². The minimum atomic E-state index is -0.717.